The Labute approximate surface area is 127 Å². The molecule has 0 aliphatic carbocycles. The molecule has 0 aliphatic heterocycles. The van der Waals surface area contributed by atoms with Gasteiger partial charge in [-0.15, -0.1) is 0 Å². The summed E-state index contributed by atoms with van der Waals surface area (Å²) in [4.78, 5) is 14.7. The maximum Gasteiger partial charge on any atom is 0.179 e. The average Bonchev–Trinajstić information content (AvgIpc) is 2.53. The molecule has 0 bridgehead atoms. The predicted molar refractivity (Wildman–Crippen MR) is 84.9 cm³/mol. The largest absolute Gasteiger partial charge is 0.497 e. The molecule has 1 unspecified atom stereocenters. The Morgan fingerprint density at radius 1 is 1.24 bits per heavy atom. The van der Waals surface area contributed by atoms with Gasteiger partial charge in [0.15, 0.2) is 5.78 Å². The molecule has 1 N–H and O–H groups in total. The van der Waals surface area contributed by atoms with E-state index in [-0.39, 0.29) is 18.4 Å². The first-order chi connectivity index (χ1) is 10.1. The smallest absolute Gasteiger partial charge is 0.179 e. The topological polar surface area (TPSA) is 49.8 Å². The average molecular weight is 293 g/mol. The summed E-state index contributed by atoms with van der Waals surface area (Å²) >= 11 is 0. The van der Waals surface area contributed by atoms with Crippen LogP contribution >= 0.6 is 0 Å². The number of benzene rings is 1. The van der Waals surface area contributed by atoms with Gasteiger partial charge in [0.05, 0.1) is 19.8 Å². The SMILES string of the molecule is CCC(CC)N(CCO)C(C)C(=O)c1ccc(OC)cc1. The second-order valence-corrected chi connectivity index (χ2v) is 5.20. The number of nitrogens with zero attached hydrogens (tertiary/aromatic N) is 1. The Bertz CT molecular complexity index is 426. The van der Waals surface area contributed by atoms with E-state index >= 15 is 0 Å². The predicted octanol–water partition coefficient (Wildman–Crippen LogP) is 2.75. The zero-order chi connectivity index (χ0) is 15.8. The molecule has 0 saturated heterocycles. The highest BCUT2D eigenvalue weighted by Gasteiger charge is 2.26. The zero-order valence-electron chi connectivity index (χ0n) is 13.5. The quantitative estimate of drug-likeness (QED) is 0.711. The van der Waals surface area contributed by atoms with Crippen molar-refractivity contribution in [2.24, 2.45) is 0 Å². The van der Waals surface area contributed by atoms with Crippen molar-refractivity contribution in [3.05, 3.63) is 29.8 Å². The van der Waals surface area contributed by atoms with Gasteiger partial charge in [-0.25, -0.2) is 0 Å². The van der Waals surface area contributed by atoms with Crippen LogP contribution in [-0.2, 0) is 0 Å². The van der Waals surface area contributed by atoms with Crippen molar-refractivity contribution in [3.63, 3.8) is 0 Å². The summed E-state index contributed by atoms with van der Waals surface area (Å²) in [6.45, 7) is 6.74. The van der Waals surface area contributed by atoms with Gasteiger partial charge >= 0.3 is 0 Å². The first-order valence-electron chi connectivity index (χ1n) is 7.63. The number of methoxy groups -OCH3 is 1. The Hall–Kier alpha value is -1.39. The van der Waals surface area contributed by atoms with E-state index in [0.29, 0.717) is 18.2 Å². The highest BCUT2D eigenvalue weighted by molar-refractivity contribution is 5.99. The molecule has 1 rings (SSSR count). The Kier molecular flexibility index (Phi) is 7.40. The van der Waals surface area contributed by atoms with Crippen LogP contribution in [0.1, 0.15) is 44.0 Å². The van der Waals surface area contributed by atoms with Crippen LogP contribution in [-0.4, -0.2) is 48.1 Å². The molecule has 21 heavy (non-hydrogen) atoms. The Morgan fingerprint density at radius 2 is 1.81 bits per heavy atom. The van der Waals surface area contributed by atoms with Crippen LogP contribution in [0.5, 0.6) is 5.75 Å². The lowest BCUT2D eigenvalue weighted by Crippen LogP contribution is -2.46. The van der Waals surface area contributed by atoms with Gasteiger partial charge in [0.25, 0.3) is 0 Å². The molecule has 1 aromatic rings. The maximum absolute atomic E-state index is 12.6. The molecule has 4 nitrogen and oxygen atoms in total. The summed E-state index contributed by atoms with van der Waals surface area (Å²) in [6.07, 6.45) is 1.94. The summed E-state index contributed by atoms with van der Waals surface area (Å²) in [5.74, 6) is 0.824. The number of ether oxygens (including phenoxy) is 1. The monoisotopic (exact) mass is 293 g/mol. The van der Waals surface area contributed by atoms with Crippen molar-refractivity contribution in [2.45, 2.75) is 45.7 Å². The van der Waals surface area contributed by atoms with Crippen molar-refractivity contribution in [1.82, 2.24) is 4.90 Å². The lowest BCUT2D eigenvalue weighted by Gasteiger charge is -2.34. The van der Waals surface area contributed by atoms with Crippen molar-refractivity contribution in [2.75, 3.05) is 20.3 Å². The van der Waals surface area contributed by atoms with Crippen molar-refractivity contribution in [1.29, 1.82) is 0 Å². The lowest BCUT2D eigenvalue weighted by atomic mass is 10.0. The van der Waals surface area contributed by atoms with Crippen molar-refractivity contribution in [3.8, 4) is 5.75 Å². The minimum Gasteiger partial charge on any atom is -0.497 e. The summed E-state index contributed by atoms with van der Waals surface area (Å²) < 4.78 is 5.11. The molecular weight excluding hydrogens is 266 g/mol. The number of aliphatic hydroxyl groups excluding tert-OH is 1. The number of hydrogen-bond acceptors (Lipinski definition) is 4. The van der Waals surface area contributed by atoms with E-state index in [1.54, 1.807) is 31.4 Å². The standard InChI is InChI=1S/C17H27NO3/c1-5-15(6-2)18(11-12-19)13(3)17(20)14-7-9-16(21-4)10-8-14/h7-10,13,15,19H,5-6,11-12H2,1-4H3. The van der Waals surface area contributed by atoms with Crippen LogP contribution in [0.2, 0.25) is 0 Å². The van der Waals surface area contributed by atoms with Crippen LogP contribution in [0.4, 0.5) is 0 Å². The molecule has 118 valence electrons. The molecule has 0 aliphatic rings. The van der Waals surface area contributed by atoms with Gasteiger partial charge in [-0.3, -0.25) is 9.69 Å². The minimum absolute atomic E-state index is 0.0662. The summed E-state index contributed by atoms with van der Waals surface area (Å²) in [7, 11) is 1.61. The zero-order valence-corrected chi connectivity index (χ0v) is 13.5. The van der Waals surface area contributed by atoms with Crippen LogP contribution in [0.15, 0.2) is 24.3 Å². The number of rotatable bonds is 9. The third kappa shape index (κ3) is 4.55. The van der Waals surface area contributed by atoms with Gasteiger partial charge in [0.1, 0.15) is 5.75 Å². The first kappa shape index (κ1) is 17.7. The fourth-order valence-corrected chi connectivity index (χ4v) is 2.71. The van der Waals surface area contributed by atoms with E-state index in [1.165, 1.54) is 0 Å². The number of Topliss-reactive ketones (excluding diaryl/α,β-unsaturated/α-hetero) is 1. The molecule has 0 radical (unpaired) electrons. The van der Waals surface area contributed by atoms with Gasteiger partial charge in [0, 0.05) is 18.2 Å². The minimum atomic E-state index is -0.240. The van der Waals surface area contributed by atoms with Crippen LogP contribution < -0.4 is 4.74 Å². The number of carbonyl (C=O) groups is 1. The van der Waals surface area contributed by atoms with Gasteiger partial charge in [-0.2, -0.15) is 0 Å². The number of hydrogen-bond donors (Lipinski definition) is 1. The normalized spacial score (nSPS) is 12.7. The molecule has 0 saturated carbocycles. The molecule has 0 amide bonds. The molecule has 0 fully saturated rings. The molecule has 0 aromatic heterocycles. The number of aliphatic hydroxyl groups is 1. The fraction of sp³-hybridized carbons (Fsp3) is 0.588. The van der Waals surface area contributed by atoms with E-state index in [4.69, 9.17) is 4.74 Å². The third-order valence-corrected chi connectivity index (χ3v) is 4.02. The van der Waals surface area contributed by atoms with E-state index in [1.807, 2.05) is 6.92 Å². The van der Waals surface area contributed by atoms with Gasteiger partial charge in [-0.05, 0) is 44.0 Å². The van der Waals surface area contributed by atoms with E-state index in [0.717, 1.165) is 18.6 Å². The Morgan fingerprint density at radius 3 is 2.24 bits per heavy atom. The van der Waals surface area contributed by atoms with Crippen molar-refractivity contribution < 1.29 is 14.6 Å². The van der Waals surface area contributed by atoms with Gasteiger partial charge in [-0.1, -0.05) is 13.8 Å². The summed E-state index contributed by atoms with van der Waals surface area (Å²) in [5, 5.41) is 9.28. The highest BCUT2D eigenvalue weighted by Crippen LogP contribution is 2.18. The van der Waals surface area contributed by atoms with E-state index < -0.39 is 0 Å². The number of carbonyl (C=O) groups excluding carboxylic acids is 1. The number of ketones is 1. The molecule has 0 heterocycles. The molecule has 1 aromatic carbocycles. The maximum atomic E-state index is 12.6. The van der Waals surface area contributed by atoms with Crippen LogP contribution in [0.3, 0.4) is 0 Å². The molecule has 0 spiro atoms. The molecule has 4 heteroatoms. The van der Waals surface area contributed by atoms with Gasteiger partial charge in [0.2, 0.25) is 0 Å². The molecular formula is C17H27NO3. The Balaban J connectivity index is 2.90. The van der Waals surface area contributed by atoms with Crippen molar-refractivity contribution >= 4 is 5.78 Å². The van der Waals surface area contributed by atoms with Gasteiger partial charge < -0.3 is 9.84 Å². The van der Waals surface area contributed by atoms with E-state index in [9.17, 15) is 9.90 Å². The second kappa shape index (κ2) is 8.80. The first-order valence-corrected chi connectivity index (χ1v) is 7.63. The summed E-state index contributed by atoms with van der Waals surface area (Å²) in [6, 6.07) is 7.26. The fourth-order valence-electron chi connectivity index (χ4n) is 2.71. The highest BCUT2D eigenvalue weighted by atomic mass is 16.5. The lowest BCUT2D eigenvalue weighted by molar-refractivity contribution is 0.0686. The third-order valence-electron chi connectivity index (χ3n) is 4.02. The van der Waals surface area contributed by atoms with Crippen LogP contribution in [0, 0.1) is 0 Å². The summed E-state index contributed by atoms with van der Waals surface area (Å²) in [5.41, 5.74) is 0.678. The van der Waals surface area contributed by atoms with E-state index in [2.05, 4.69) is 18.7 Å². The van der Waals surface area contributed by atoms with Crippen LogP contribution in [0.25, 0.3) is 0 Å². The molecule has 1 atom stereocenters. The second-order valence-electron chi connectivity index (χ2n) is 5.20.